The van der Waals surface area contributed by atoms with Crippen molar-refractivity contribution >= 4 is 0 Å². The van der Waals surface area contributed by atoms with Crippen LogP contribution in [0, 0.1) is 0 Å². The predicted molar refractivity (Wildman–Crippen MR) is 59.0 cm³/mol. The van der Waals surface area contributed by atoms with E-state index in [2.05, 4.69) is 9.97 Å². The second-order valence-corrected chi connectivity index (χ2v) is 4.64. The van der Waals surface area contributed by atoms with Crippen molar-refractivity contribution in [2.24, 2.45) is 0 Å². The van der Waals surface area contributed by atoms with Crippen LogP contribution in [0.25, 0.3) is 0 Å². The number of H-pyrrole nitrogens is 1. The highest BCUT2D eigenvalue weighted by molar-refractivity contribution is 5.13. The lowest BCUT2D eigenvalue weighted by Crippen LogP contribution is -2.22. The van der Waals surface area contributed by atoms with Gasteiger partial charge in [0.25, 0.3) is 5.56 Å². The molecular weight excluding hydrogens is 192 g/mol. The van der Waals surface area contributed by atoms with E-state index in [4.69, 9.17) is 4.74 Å². The number of methoxy groups -OCH3 is 1. The molecule has 0 bridgehead atoms. The molecule has 0 saturated heterocycles. The Labute approximate surface area is 89.7 Å². The van der Waals surface area contributed by atoms with Crippen LogP contribution in [-0.4, -0.2) is 17.1 Å². The largest absolute Gasteiger partial charge is 0.374 e. The molecule has 15 heavy (non-hydrogen) atoms. The van der Waals surface area contributed by atoms with Crippen LogP contribution >= 0.6 is 0 Å². The van der Waals surface area contributed by atoms with Gasteiger partial charge in [-0.1, -0.05) is 20.8 Å². The molecule has 0 spiro atoms. The molecule has 0 fully saturated rings. The lowest BCUT2D eigenvalue weighted by molar-refractivity contribution is 0.111. The number of aromatic nitrogens is 2. The molecule has 1 aromatic rings. The summed E-state index contributed by atoms with van der Waals surface area (Å²) in [4.78, 5) is 18.5. The van der Waals surface area contributed by atoms with Crippen molar-refractivity contribution in [2.45, 2.75) is 39.2 Å². The molecule has 1 heterocycles. The first kappa shape index (κ1) is 11.9. The van der Waals surface area contributed by atoms with Crippen LogP contribution in [0.1, 0.15) is 45.3 Å². The first-order chi connectivity index (χ1) is 6.84. The molecule has 84 valence electrons. The monoisotopic (exact) mass is 210 g/mol. The second-order valence-electron chi connectivity index (χ2n) is 4.64. The van der Waals surface area contributed by atoms with Crippen LogP contribution in [-0.2, 0) is 10.2 Å². The maximum atomic E-state index is 11.4. The van der Waals surface area contributed by atoms with Crippen LogP contribution in [0.3, 0.4) is 0 Å². The molecule has 0 aliphatic heterocycles. The lowest BCUT2D eigenvalue weighted by atomic mass is 9.92. The number of hydrogen-bond acceptors (Lipinski definition) is 3. The molecule has 1 atom stereocenters. The molecule has 0 aromatic carbocycles. The molecule has 4 heteroatoms. The molecule has 0 saturated carbocycles. The summed E-state index contributed by atoms with van der Waals surface area (Å²) in [5, 5.41) is 0. The molecule has 1 unspecified atom stereocenters. The second kappa shape index (κ2) is 4.14. The van der Waals surface area contributed by atoms with Crippen LogP contribution in [0.15, 0.2) is 10.9 Å². The van der Waals surface area contributed by atoms with E-state index in [1.807, 2.05) is 27.7 Å². The summed E-state index contributed by atoms with van der Waals surface area (Å²) >= 11 is 0. The van der Waals surface area contributed by atoms with Crippen molar-refractivity contribution in [1.82, 2.24) is 9.97 Å². The fraction of sp³-hybridized carbons (Fsp3) is 0.636. The Bertz CT molecular complexity index is 390. The van der Waals surface area contributed by atoms with E-state index in [-0.39, 0.29) is 17.1 Å². The molecule has 0 aliphatic rings. The Morgan fingerprint density at radius 3 is 2.53 bits per heavy atom. The summed E-state index contributed by atoms with van der Waals surface area (Å²) in [7, 11) is 1.59. The minimum atomic E-state index is -0.194. The molecule has 4 nitrogen and oxygen atoms in total. The summed E-state index contributed by atoms with van der Waals surface area (Å²) in [6.45, 7) is 7.92. The van der Waals surface area contributed by atoms with E-state index >= 15 is 0 Å². The quantitative estimate of drug-likeness (QED) is 0.809. The van der Waals surface area contributed by atoms with Crippen LogP contribution in [0.2, 0.25) is 0 Å². The van der Waals surface area contributed by atoms with Crippen molar-refractivity contribution in [3.05, 3.63) is 27.9 Å². The number of nitrogens with zero attached hydrogens (tertiary/aromatic N) is 1. The van der Waals surface area contributed by atoms with Crippen LogP contribution in [0.4, 0.5) is 0 Å². The summed E-state index contributed by atoms with van der Waals surface area (Å²) in [6, 6.07) is 1.53. The maximum Gasteiger partial charge on any atom is 0.251 e. The van der Waals surface area contributed by atoms with E-state index in [1.165, 1.54) is 6.07 Å². The zero-order valence-electron chi connectivity index (χ0n) is 9.92. The minimum absolute atomic E-state index is 0.129. The van der Waals surface area contributed by atoms with Crippen molar-refractivity contribution in [3.63, 3.8) is 0 Å². The van der Waals surface area contributed by atoms with Crippen molar-refractivity contribution in [2.75, 3.05) is 7.11 Å². The zero-order chi connectivity index (χ0) is 11.6. The van der Waals surface area contributed by atoms with E-state index < -0.39 is 0 Å². The van der Waals surface area contributed by atoms with Gasteiger partial charge in [0, 0.05) is 18.6 Å². The molecule has 0 amide bonds. The third-order valence-electron chi connectivity index (χ3n) is 2.27. The number of rotatable bonds is 2. The molecule has 0 radical (unpaired) electrons. The SMILES string of the molecule is COC(C)c1nc(C(C)(C)C)cc(=O)[nH]1. The Morgan fingerprint density at radius 1 is 1.47 bits per heavy atom. The molecule has 1 N–H and O–H groups in total. The van der Waals surface area contributed by atoms with Crippen LogP contribution < -0.4 is 5.56 Å². The van der Waals surface area contributed by atoms with Gasteiger partial charge in [-0.3, -0.25) is 4.79 Å². The average molecular weight is 210 g/mol. The molecule has 1 rings (SSSR count). The van der Waals surface area contributed by atoms with Gasteiger partial charge in [0.1, 0.15) is 11.9 Å². The highest BCUT2D eigenvalue weighted by atomic mass is 16.5. The van der Waals surface area contributed by atoms with Gasteiger partial charge in [0.05, 0.1) is 5.69 Å². The topological polar surface area (TPSA) is 55.0 Å². The minimum Gasteiger partial charge on any atom is -0.374 e. The third-order valence-corrected chi connectivity index (χ3v) is 2.27. The van der Waals surface area contributed by atoms with Gasteiger partial charge in [0.2, 0.25) is 0 Å². The van der Waals surface area contributed by atoms with Gasteiger partial charge < -0.3 is 9.72 Å². The smallest absolute Gasteiger partial charge is 0.251 e. The fourth-order valence-corrected chi connectivity index (χ4v) is 1.16. The fourth-order valence-electron chi connectivity index (χ4n) is 1.16. The van der Waals surface area contributed by atoms with Gasteiger partial charge >= 0.3 is 0 Å². The lowest BCUT2D eigenvalue weighted by Gasteiger charge is -2.19. The van der Waals surface area contributed by atoms with Crippen LogP contribution in [0.5, 0.6) is 0 Å². The summed E-state index contributed by atoms with van der Waals surface area (Å²) < 4.78 is 5.13. The van der Waals surface area contributed by atoms with E-state index in [0.717, 1.165) is 5.69 Å². The number of aromatic amines is 1. The zero-order valence-corrected chi connectivity index (χ0v) is 9.92. The van der Waals surface area contributed by atoms with E-state index in [0.29, 0.717) is 5.82 Å². The highest BCUT2D eigenvalue weighted by Gasteiger charge is 2.18. The van der Waals surface area contributed by atoms with Gasteiger partial charge in [-0.2, -0.15) is 0 Å². The van der Waals surface area contributed by atoms with Gasteiger partial charge in [0.15, 0.2) is 0 Å². The maximum absolute atomic E-state index is 11.4. The number of nitrogens with one attached hydrogen (secondary N) is 1. The standard InChI is InChI=1S/C11H18N2O2/c1-7(15-5)10-12-8(11(2,3)4)6-9(14)13-10/h6-7H,1-5H3,(H,12,13,14). The summed E-state index contributed by atoms with van der Waals surface area (Å²) in [5.41, 5.74) is 0.523. The summed E-state index contributed by atoms with van der Waals surface area (Å²) in [6.07, 6.45) is -0.194. The van der Waals surface area contributed by atoms with Gasteiger partial charge in [-0.05, 0) is 6.92 Å². The number of ether oxygens (including phenoxy) is 1. The summed E-state index contributed by atoms with van der Waals surface area (Å²) in [5.74, 6) is 0.579. The first-order valence-corrected chi connectivity index (χ1v) is 4.99. The van der Waals surface area contributed by atoms with Crippen molar-refractivity contribution < 1.29 is 4.74 Å². The number of hydrogen-bond donors (Lipinski definition) is 1. The Balaban J connectivity index is 3.23. The Kier molecular flexibility index (Phi) is 3.29. The van der Waals surface area contributed by atoms with Crippen molar-refractivity contribution in [1.29, 1.82) is 0 Å². The highest BCUT2D eigenvalue weighted by Crippen LogP contribution is 2.19. The Hall–Kier alpha value is -1.16. The van der Waals surface area contributed by atoms with Gasteiger partial charge in [-0.15, -0.1) is 0 Å². The van der Waals surface area contributed by atoms with Crippen molar-refractivity contribution in [3.8, 4) is 0 Å². The normalized spacial score (nSPS) is 13.9. The predicted octanol–water partition coefficient (Wildman–Crippen LogP) is 1.77. The van der Waals surface area contributed by atoms with E-state index in [9.17, 15) is 4.79 Å². The molecular formula is C11H18N2O2. The Morgan fingerprint density at radius 2 is 2.07 bits per heavy atom. The van der Waals surface area contributed by atoms with E-state index in [1.54, 1.807) is 7.11 Å². The average Bonchev–Trinajstić information content (AvgIpc) is 2.14. The molecule has 1 aromatic heterocycles. The third kappa shape index (κ3) is 2.89. The molecule has 0 aliphatic carbocycles. The first-order valence-electron chi connectivity index (χ1n) is 4.99. The van der Waals surface area contributed by atoms with Gasteiger partial charge in [-0.25, -0.2) is 4.98 Å².